The predicted molar refractivity (Wildman–Crippen MR) is 77.1 cm³/mol. The second kappa shape index (κ2) is 6.74. The van der Waals surface area contributed by atoms with Crippen molar-refractivity contribution in [2.75, 3.05) is 6.54 Å². The first kappa shape index (κ1) is 14.8. The van der Waals surface area contributed by atoms with Gasteiger partial charge in [0, 0.05) is 6.54 Å². The molecule has 2 aromatic rings. The molecule has 0 unspecified atom stereocenters. The highest BCUT2D eigenvalue weighted by Gasteiger charge is 2.20. The highest BCUT2D eigenvalue weighted by Crippen LogP contribution is 2.11. The van der Waals surface area contributed by atoms with E-state index in [-0.39, 0.29) is 12.3 Å². The van der Waals surface area contributed by atoms with Crippen LogP contribution in [0.5, 0.6) is 0 Å². The Morgan fingerprint density at radius 3 is 2.71 bits per heavy atom. The summed E-state index contributed by atoms with van der Waals surface area (Å²) in [5, 5.41) is 11.9. The minimum absolute atomic E-state index is 0.0583. The third-order valence-corrected chi connectivity index (χ3v) is 3.17. The van der Waals surface area contributed by atoms with Crippen molar-refractivity contribution in [1.82, 2.24) is 5.32 Å². The van der Waals surface area contributed by atoms with E-state index < -0.39 is 17.8 Å². The number of amides is 1. The van der Waals surface area contributed by atoms with Crippen molar-refractivity contribution in [2.45, 2.75) is 13.3 Å². The molecule has 0 aliphatic carbocycles. The van der Waals surface area contributed by atoms with Gasteiger partial charge in [0.1, 0.15) is 0 Å². The first-order valence-electron chi connectivity index (χ1n) is 6.66. The van der Waals surface area contributed by atoms with E-state index in [4.69, 9.17) is 4.42 Å². The highest BCUT2D eigenvalue weighted by atomic mass is 16.4. The van der Waals surface area contributed by atoms with Gasteiger partial charge in [-0.3, -0.25) is 9.59 Å². The number of furan rings is 1. The first-order chi connectivity index (χ1) is 10.1. The summed E-state index contributed by atoms with van der Waals surface area (Å²) in [6.07, 6.45) is 1.77. The molecule has 5 heteroatoms. The van der Waals surface area contributed by atoms with Crippen LogP contribution in [0.4, 0.5) is 0 Å². The lowest BCUT2D eigenvalue weighted by Gasteiger charge is -2.13. The lowest BCUT2D eigenvalue weighted by molar-refractivity contribution is -0.141. The van der Waals surface area contributed by atoms with Crippen LogP contribution in [0.15, 0.2) is 47.1 Å². The van der Waals surface area contributed by atoms with Crippen molar-refractivity contribution in [3.63, 3.8) is 0 Å². The molecule has 2 rings (SSSR count). The number of carboxylic acids is 1. The number of carboxylic acid groups (broad SMARTS) is 1. The van der Waals surface area contributed by atoms with E-state index in [1.54, 1.807) is 6.07 Å². The molecular formula is C16H17NO4. The zero-order valence-electron chi connectivity index (χ0n) is 11.7. The standard InChI is InChI=1S/C16H17NO4/c1-11-4-2-5-12(8-11)9-13(16(19)20)10-17-15(18)14-6-3-7-21-14/h2-8,13H,9-10H2,1H3,(H,17,18)(H,19,20)/t13-/m1/s1. The van der Waals surface area contributed by atoms with Crippen molar-refractivity contribution in [3.8, 4) is 0 Å². The average molecular weight is 287 g/mol. The maximum absolute atomic E-state index is 11.7. The fourth-order valence-electron chi connectivity index (χ4n) is 2.08. The molecule has 0 aliphatic heterocycles. The quantitative estimate of drug-likeness (QED) is 0.854. The minimum Gasteiger partial charge on any atom is -0.481 e. The summed E-state index contributed by atoms with van der Waals surface area (Å²) in [5.74, 6) is -1.84. The van der Waals surface area contributed by atoms with Crippen molar-refractivity contribution < 1.29 is 19.1 Å². The number of carbonyl (C=O) groups excluding carboxylic acids is 1. The van der Waals surface area contributed by atoms with Crippen molar-refractivity contribution >= 4 is 11.9 Å². The maximum Gasteiger partial charge on any atom is 0.308 e. The van der Waals surface area contributed by atoms with E-state index in [1.807, 2.05) is 31.2 Å². The van der Waals surface area contributed by atoms with E-state index in [1.165, 1.54) is 12.3 Å². The van der Waals surface area contributed by atoms with Gasteiger partial charge in [-0.2, -0.15) is 0 Å². The summed E-state index contributed by atoms with van der Waals surface area (Å²) >= 11 is 0. The smallest absolute Gasteiger partial charge is 0.308 e. The van der Waals surface area contributed by atoms with Gasteiger partial charge in [-0.05, 0) is 31.0 Å². The van der Waals surface area contributed by atoms with Crippen LogP contribution in [0, 0.1) is 12.8 Å². The summed E-state index contributed by atoms with van der Waals surface area (Å²) in [6.45, 7) is 2.01. The monoisotopic (exact) mass is 287 g/mol. The highest BCUT2D eigenvalue weighted by molar-refractivity contribution is 5.91. The van der Waals surface area contributed by atoms with Gasteiger partial charge in [0.25, 0.3) is 5.91 Å². The molecule has 1 heterocycles. The number of nitrogens with one attached hydrogen (secondary N) is 1. The van der Waals surface area contributed by atoms with Gasteiger partial charge in [-0.25, -0.2) is 0 Å². The summed E-state index contributed by atoms with van der Waals surface area (Å²) in [6, 6.07) is 10.8. The van der Waals surface area contributed by atoms with Gasteiger partial charge in [-0.15, -0.1) is 0 Å². The molecule has 0 saturated carbocycles. The predicted octanol–water partition coefficient (Wildman–Crippen LogP) is 2.26. The van der Waals surface area contributed by atoms with E-state index in [9.17, 15) is 14.7 Å². The van der Waals surface area contributed by atoms with Gasteiger partial charge in [0.2, 0.25) is 0 Å². The third-order valence-electron chi connectivity index (χ3n) is 3.17. The van der Waals surface area contributed by atoms with Gasteiger partial charge in [0.15, 0.2) is 5.76 Å². The Bertz CT molecular complexity index is 619. The maximum atomic E-state index is 11.7. The molecule has 1 amide bonds. The molecule has 21 heavy (non-hydrogen) atoms. The number of aryl methyl sites for hydroxylation is 1. The SMILES string of the molecule is Cc1cccc(C[C@H](CNC(=O)c2ccco2)C(=O)O)c1. The topological polar surface area (TPSA) is 79.5 Å². The molecule has 1 atom stereocenters. The molecule has 0 spiro atoms. The lowest BCUT2D eigenvalue weighted by atomic mass is 9.98. The second-order valence-corrected chi connectivity index (χ2v) is 4.92. The number of hydrogen-bond donors (Lipinski definition) is 2. The molecular weight excluding hydrogens is 270 g/mol. The van der Waals surface area contributed by atoms with Crippen molar-refractivity contribution in [3.05, 3.63) is 59.5 Å². The second-order valence-electron chi connectivity index (χ2n) is 4.92. The van der Waals surface area contributed by atoms with Gasteiger partial charge in [-0.1, -0.05) is 29.8 Å². The van der Waals surface area contributed by atoms with E-state index in [2.05, 4.69) is 5.32 Å². The summed E-state index contributed by atoms with van der Waals surface area (Å²) in [4.78, 5) is 23.1. The number of carbonyl (C=O) groups is 2. The fraction of sp³-hybridized carbons (Fsp3) is 0.250. The Balaban J connectivity index is 1.96. The number of aliphatic carboxylic acids is 1. The zero-order chi connectivity index (χ0) is 15.2. The van der Waals surface area contributed by atoms with E-state index in [0.29, 0.717) is 6.42 Å². The molecule has 5 nitrogen and oxygen atoms in total. The Hall–Kier alpha value is -2.56. The van der Waals surface area contributed by atoms with E-state index in [0.717, 1.165) is 11.1 Å². The van der Waals surface area contributed by atoms with Gasteiger partial charge < -0.3 is 14.8 Å². The first-order valence-corrected chi connectivity index (χ1v) is 6.66. The van der Waals surface area contributed by atoms with Crippen LogP contribution in [0.2, 0.25) is 0 Å². The van der Waals surface area contributed by atoms with Crippen LogP contribution in [0.3, 0.4) is 0 Å². The molecule has 1 aromatic heterocycles. The Labute approximate surface area is 122 Å². The molecule has 0 aliphatic rings. The molecule has 0 bridgehead atoms. The Kier molecular flexibility index (Phi) is 4.77. The summed E-state index contributed by atoms with van der Waals surface area (Å²) < 4.78 is 4.96. The van der Waals surface area contributed by atoms with Crippen molar-refractivity contribution in [1.29, 1.82) is 0 Å². The van der Waals surface area contributed by atoms with Gasteiger partial charge in [0.05, 0.1) is 12.2 Å². The normalized spacial score (nSPS) is 11.9. The average Bonchev–Trinajstić information content (AvgIpc) is 2.97. The number of hydrogen-bond acceptors (Lipinski definition) is 3. The molecule has 110 valence electrons. The van der Waals surface area contributed by atoms with Crippen molar-refractivity contribution in [2.24, 2.45) is 5.92 Å². The third kappa shape index (κ3) is 4.21. The summed E-state index contributed by atoms with van der Waals surface area (Å²) in [5.41, 5.74) is 2.02. The Morgan fingerprint density at radius 1 is 1.29 bits per heavy atom. The van der Waals surface area contributed by atoms with Crippen LogP contribution in [0.1, 0.15) is 21.7 Å². The molecule has 1 aromatic carbocycles. The molecule has 2 N–H and O–H groups in total. The zero-order valence-corrected chi connectivity index (χ0v) is 11.7. The summed E-state index contributed by atoms with van der Waals surface area (Å²) in [7, 11) is 0. The lowest BCUT2D eigenvalue weighted by Crippen LogP contribution is -2.33. The van der Waals surface area contributed by atoms with Crippen LogP contribution in [-0.4, -0.2) is 23.5 Å². The van der Waals surface area contributed by atoms with Crippen LogP contribution >= 0.6 is 0 Å². The van der Waals surface area contributed by atoms with Crippen LogP contribution in [0.25, 0.3) is 0 Å². The Morgan fingerprint density at radius 2 is 2.10 bits per heavy atom. The molecule has 0 radical (unpaired) electrons. The number of rotatable bonds is 6. The number of benzene rings is 1. The van der Waals surface area contributed by atoms with Crippen LogP contribution in [-0.2, 0) is 11.2 Å². The molecule has 0 saturated heterocycles. The van der Waals surface area contributed by atoms with Gasteiger partial charge >= 0.3 is 5.97 Å². The minimum atomic E-state index is -0.934. The van der Waals surface area contributed by atoms with Crippen LogP contribution < -0.4 is 5.32 Å². The molecule has 0 fully saturated rings. The van der Waals surface area contributed by atoms with E-state index >= 15 is 0 Å². The largest absolute Gasteiger partial charge is 0.481 e. The fourth-order valence-corrected chi connectivity index (χ4v) is 2.08.